The lowest BCUT2D eigenvalue weighted by Gasteiger charge is -2.37. The zero-order chi connectivity index (χ0) is 15.1. The Kier molecular flexibility index (Phi) is 13.7. The Labute approximate surface area is 125 Å². The molecule has 0 rings (SSSR count). The van der Waals surface area contributed by atoms with Gasteiger partial charge in [0.1, 0.15) is 19.6 Å². The maximum Gasteiger partial charge on any atom is 0.102 e. The molecule has 0 amide bonds. The Bertz CT molecular complexity index is 183. The van der Waals surface area contributed by atoms with Crippen molar-refractivity contribution < 1.29 is 19.8 Å². The first-order valence-corrected chi connectivity index (χ1v) is 8.42. The van der Waals surface area contributed by atoms with Gasteiger partial charge in [0, 0.05) is 0 Å². The molecule has 4 nitrogen and oxygen atoms in total. The molecule has 0 fully saturated rings. The Morgan fingerprint density at radius 2 is 0.950 bits per heavy atom. The standard InChI is InChI=1S/C16H36NO3/c1-2-3-4-5-6-7-8-9-10-17(11-14-18,12-15-19)13-16-20/h18-20H,2-16H2,1H3/q+1. The summed E-state index contributed by atoms with van der Waals surface area (Å²) in [7, 11) is 0. The first kappa shape index (κ1) is 19.8. The average Bonchev–Trinajstić information content (AvgIpc) is 2.43. The summed E-state index contributed by atoms with van der Waals surface area (Å²) in [5.41, 5.74) is 0. The minimum absolute atomic E-state index is 0.122. The molecule has 0 bridgehead atoms. The molecule has 0 aliphatic rings. The Hall–Kier alpha value is -0.160. The van der Waals surface area contributed by atoms with Gasteiger partial charge in [0.15, 0.2) is 0 Å². The number of nitrogens with zero attached hydrogens (tertiary/aromatic N) is 1. The predicted molar refractivity (Wildman–Crippen MR) is 83.6 cm³/mol. The van der Waals surface area contributed by atoms with Crippen molar-refractivity contribution in [2.75, 3.05) is 46.0 Å². The topological polar surface area (TPSA) is 60.7 Å². The molecule has 4 heteroatoms. The molecule has 0 saturated heterocycles. The van der Waals surface area contributed by atoms with Crippen LogP contribution in [0.3, 0.4) is 0 Å². The highest BCUT2D eigenvalue weighted by Gasteiger charge is 2.25. The van der Waals surface area contributed by atoms with E-state index in [1.54, 1.807) is 0 Å². The zero-order valence-corrected chi connectivity index (χ0v) is 13.4. The van der Waals surface area contributed by atoms with Crippen molar-refractivity contribution in [2.45, 2.75) is 58.3 Å². The summed E-state index contributed by atoms with van der Waals surface area (Å²) in [5, 5.41) is 27.6. The molecule has 0 saturated carbocycles. The molecule has 0 heterocycles. The summed E-state index contributed by atoms with van der Waals surface area (Å²) in [6.45, 7) is 5.47. The van der Waals surface area contributed by atoms with E-state index in [0.717, 1.165) is 13.0 Å². The van der Waals surface area contributed by atoms with E-state index in [0.29, 0.717) is 24.1 Å². The van der Waals surface area contributed by atoms with Crippen molar-refractivity contribution >= 4 is 0 Å². The third-order valence-corrected chi connectivity index (χ3v) is 4.21. The third kappa shape index (κ3) is 9.70. The summed E-state index contributed by atoms with van der Waals surface area (Å²) in [6.07, 6.45) is 10.3. The van der Waals surface area contributed by atoms with E-state index in [4.69, 9.17) is 0 Å². The van der Waals surface area contributed by atoms with E-state index < -0.39 is 0 Å². The number of quaternary nitrogens is 1. The van der Waals surface area contributed by atoms with Crippen LogP contribution in [0.1, 0.15) is 58.3 Å². The van der Waals surface area contributed by atoms with E-state index in [1.165, 1.54) is 44.9 Å². The van der Waals surface area contributed by atoms with E-state index in [2.05, 4.69) is 6.92 Å². The molecule has 122 valence electrons. The highest BCUT2D eigenvalue weighted by molar-refractivity contribution is 4.49. The van der Waals surface area contributed by atoms with Crippen LogP contribution in [-0.4, -0.2) is 65.8 Å². The summed E-state index contributed by atoms with van der Waals surface area (Å²) >= 11 is 0. The zero-order valence-electron chi connectivity index (χ0n) is 13.4. The molecular formula is C16H36NO3+. The maximum absolute atomic E-state index is 9.20. The minimum Gasteiger partial charge on any atom is -0.391 e. The molecule has 0 radical (unpaired) electrons. The monoisotopic (exact) mass is 290 g/mol. The second-order valence-corrected chi connectivity index (χ2v) is 5.88. The maximum atomic E-state index is 9.20. The van der Waals surface area contributed by atoms with Crippen LogP contribution in [0.4, 0.5) is 0 Å². The number of unbranched alkanes of at least 4 members (excludes halogenated alkanes) is 7. The van der Waals surface area contributed by atoms with Crippen molar-refractivity contribution in [1.82, 2.24) is 0 Å². The largest absolute Gasteiger partial charge is 0.391 e. The highest BCUT2D eigenvalue weighted by Crippen LogP contribution is 2.12. The quantitative estimate of drug-likeness (QED) is 0.319. The second-order valence-electron chi connectivity index (χ2n) is 5.88. The first-order valence-electron chi connectivity index (χ1n) is 8.42. The van der Waals surface area contributed by atoms with Gasteiger partial charge in [-0.05, 0) is 12.8 Å². The molecule has 20 heavy (non-hydrogen) atoms. The van der Waals surface area contributed by atoms with Crippen molar-refractivity contribution in [3.8, 4) is 0 Å². The molecular weight excluding hydrogens is 254 g/mol. The lowest BCUT2D eigenvalue weighted by atomic mass is 10.1. The predicted octanol–water partition coefficient (Wildman–Crippen LogP) is 1.92. The van der Waals surface area contributed by atoms with E-state index in [-0.39, 0.29) is 19.8 Å². The number of aliphatic hydroxyl groups excluding tert-OH is 3. The van der Waals surface area contributed by atoms with Crippen molar-refractivity contribution in [3.63, 3.8) is 0 Å². The number of rotatable bonds is 15. The smallest absolute Gasteiger partial charge is 0.102 e. The summed E-state index contributed by atoms with van der Waals surface area (Å²) in [5.74, 6) is 0. The van der Waals surface area contributed by atoms with Crippen molar-refractivity contribution in [1.29, 1.82) is 0 Å². The molecule has 0 aromatic heterocycles. The van der Waals surface area contributed by atoms with Gasteiger partial charge in [0.25, 0.3) is 0 Å². The van der Waals surface area contributed by atoms with Gasteiger partial charge in [-0.3, -0.25) is 0 Å². The van der Waals surface area contributed by atoms with Gasteiger partial charge in [0.2, 0.25) is 0 Å². The molecule has 0 aliphatic heterocycles. The lowest BCUT2D eigenvalue weighted by Crippen LogP contribution is -2.53. The van der Waals surface area contributed by atoms with Crippen LogP contribution in [-0.2, 0) is 0 Å². The van der Waals surface area contributed by atoms with E-state index >= 15 is 0 Å². The van der Waals surface area contributed by atoms with Crippen molar-refractivity contribution in [2.24, 2.45) is 0 Å². The van der Waals surface area contributed by atoms with Crippen LogP contribution >= 0.6 is 0 Å². The van der Waals surface area contributed by atoms with E-state index in [1.807, 2.05) is 0 Å². The van der Waals surface area contributed by atoms with Gasteiger partial charge in [0.05, 0.1) is 26.4 Å². The van der Waals surface area contributed by atoms with Gasteiger partial charge in [-0.25, -0.2) is 0 Å². The minimum atomic E-state index is 0.122. The number of hydrogen-bond acceptors (Lipinski definition) is 3. The Morgan fingerprint density at radius 3 is 1.35 bits per heavy atom. The van der Waals surface area contributed by atoms with Crippen LogP contribution in [0, 0.1) is 0 Å². The van der Waals surface area contributed by atoms with E-state index in [9.17, 15) is 15.3 Å². The van der Waals surface area contributed by atoms with Gasteiger partial charge in [-0.2, -0.15) is 0 Å². The number of aliphatic hydroxyl groups is 3. The Balaban J connectivity index is 3.82. The normalized spacial score (nSPS) is 12.0. The van der Waals surface area contributed by atoms with Gasteiger partial charge in [-0.15, -0.1) is 0 Å². The van der Waals surface area contributed by atoms with Gasteiger partial charge in [-0.1, -0.05) is 45.4 Å². The molecule has 0 unspecified atom stereocenters. The number of hydrogen-bond donors (Lipinski definition) is 3. The van der Waals surface area contributed by atoms with Crippen LogP contribution in [0.25, 0.3) is 0 Å². The fourth-order valence-electron chi connectivity index (χ4n) is 2.89. The highest BCUT2D eigenvalue weighted by atomic mass is 16.3. The third-order valence-electron chi connectivity index (χ3n) is 4.21. The Morgan fingerprint density at radius 1 is 0.550 bits per heavy atom. The molecule has 0 aromatic rings. The SMILES string of the molecule is CCCCCCCCCC[N+](CCO)(CCO)CCO. The van der Waals surface area contributed by atoms with Gasteiger partial charge < -0.3 is 19.8 Å². The summed E-state index contributed by atoms with van der Waals surface area (Å²) < 4.78 is 0.652. The second kappa shape index (κ2) is 13.8. The van der Waals surface area contributed by atoms with Crippen LogP contribution in [0.15, 0.2) is 0 Å². The molecule has 3 N–H and O–H groups in total. The average molecular weight is 290 g/mol. The van der Waals surface area contributed by atoms with Gasteiger partial charge >= 0.3 is 0 Å². The first-order chi connectivity index (χ1) is 9.74. The molecule has 0 aliphatic carbocycles. The molecule has 0 aromatic carbocycles. The van der Waals surface area contributed by atoms with Crippen LogP contribution < -0.4 is 0 Å². The fourth-order valence-corrected chi connectivity index (χ4v) is 2.89. The van der Waals surface area contributed by atoms with Crippen LogP contribution in [0.5, 0.6) is 0 Å². The lowest BCUT2D eigenvalue weighted by molar-refractivity contribution is -0.929. The fraction of sp³-hybridized carbons (Fsp3) is 1.00. The molecule has 0 atom stereocenters. The molecule has 0 spiro atoms. The summed E-state index contributed by atoms with van der Waals surface area (Å²) in [4.78, 5) is 0. The summed E-state index contributed by atoms with van der Waals surface area (Å²) in [6, 6.07) is 0. The van der Waals surface area contributed by atoms with Crippen molar-refractivity contribution in [3.05, 3.63) is 0 Å². The van der Waals surface area contributed by atoms with Crippen LogP contribution in [0.2, 0.25) is 0 Å².